The number of benzene rings is 1. The summed E-state index contributed by atoms with van der Waals surface area (Å²) in [5.41, 5.74) is 1.44. The van der Waals surface area contributed by atoms with Crippen LogP contribution in [0.5, 0.6) is 0 Å². The lowest BCUT2D eigenvalue weighted by Crippen LogP contribution is -2.49. The maximum Gasteiger partial charge on any atom is 0.218 e. The Balaban J connectivity index is 1.92. The molecule has 2 unspecified atom stereocenters. The van der Waals surface area contributed by atoms with Gasteiger partial charge in [-0.15, -0.1) is 0 Å². The number of aromatic nitrogens is 1. The van der Waals surface area contributed by atoms with E-state index in [9.17, 15) is 13.5 Å². The van der Waals surface area contributed by atoms with Gasteiger partial charge in [-0.1, -0.05) is 37.6 Å². The zero-order valence-electron chi connectivity index (χ0n) is 13.9. The first-order valence-corrected chi connectivity index (χ1v) is 10.1. The number of aliphatic hydroxyl groups excluding tert-OH is 1. The van der Waals surface area contributed by atoms with Crippen LogP contribution in [0, 0.1) is 0 Å². The van der Waals surface area contributed by atoms with E-state index in [1.165, 1.54) is 4.31 Å². The number of sulfonamides is 1. The average Bonchev–Trinajstić information content (AvgIpc) is 2.61. The van der Waals surface area contributed by atoms with Gasteiger partial charge < -0.3 is 5.11 Å². The molecule has 5 nitrogen and oxygen atoms in total. The Morgan fingerprint density at radius 3 is 2.88 bits per heavy atom. The van der Waals surface area contributed by atoms with Crippen LogP contribution in [-0.2, 0) is 15.8 Å². The first kappa shape index (κ1) is 17.3. The highest BCUT2D eigenvalue weighted by Crippen LogP contribution is 2.27. The van der Waals surface area contributed by atoms with Gasteiger partial charge in [0.25, 0.3) is 0 Å². The highest BCUT2D eigenvalue weighted by atomic mass is 32.2. The molecule has 0 spiro atoms. The molecule has 2 atom stereocenters. The quantitative estimate of drug-likeness (QED) is 0.902. The lowest BCUT2D eigenvalue weighted by Gasteiger charge is -2.37. The molecule has 0 saturated carbocycles. The second-order valence-corrected chi connectivity index (χ2v) is 8.32. The standard InChI is InChI=1S/C18H24N2O3S/c1-2-17(21)16-10-3-4-12-20(16)24(22,23)13-15-8-5-7-14-9-6-11-19-18(14)15/h5-9,11,16-17,21H,2-4,10,12-13H2,1H3. The highest BCUT2D eigenvalue weighted by Gasteiger charge is 2.36. The summed E-state index contributed by atoms with van der Waals surface area (Å²) in [7, 11) is -3.50. The van der Waals surface area contributed by atoms with Crippen LogP contribution in [0.25, 0.3) is 10.9 Å². The van der Waals surface area contributed by atoms with Crippen molar-refractivity contribution in [2.75, 3.05) is 6.54 Å². The van der Waals surface area contributed by atoms with Gasteiger partial charge in [-0.05, 0) is 30.9 Å². The summed E-state index contributed by atoms with van der Waals surface area (Å²) >= 11 is 0. The van der Waals surface area contributed by atoms with Crippen LogP contribution in [0.4, 0.5) is 0 Å². The Kier molecular flexibility index (Phi) is 5.18. The van der Waals surface area contributed by atoms with Gasteiger partial charge in [0, 0.05) is 18.1 Å². The van der Waals surface area contributed by atoms with Crippen LogP contribution in [0.1, 0.15) is 38.2 Å². The normalized spacial score (nSPS) is 21.0. The fourth-order valence-electron chi connectivity index (χ4n) is 3.50. The lowest BCUT2D eigenvalue weighted by atomic mass is 9.98. The van der Waals surface area contributed by atoms with Crippen molar-refractivity contribution in [1.82, 2.24) is 9.29 Å². The first-order chi connectivity index (χ1) is 11.5. The molecule has 24 heavy (non-hydrogen) atoms. The molecular formula is C18H24N2O3S. The highest BCUT2D eigenvalue weighted by molar-refractivity contribution is 7.88. The second kappa shape index (κ2) is 7.17. The van der Waals surface area contributed by atoms with Crippen LogP contribution in [0.3, 0.4) is 0 Å². The van der Waals surface area contributed by atoms with Crippen molar-refractivity contribution in [2.45, 2.75) is 50.5 Å². The summed E-state index contributed by atoms with van der Waals surface area (Å²) in [6, 6.07) is 9.09. The zero-order valence-corrected chi connectivity index (χ0v) is 14.7. The minimum absolute atomic E-state index is 0.0751. The van der Waals surface area contributed by atoms with Crippen molar-refractivity contribution in [1.29, 1.82) is 0 Å². The average molecular weight is 348 g/mol. The van der Waals surface area contributed by atoms with Gasteiger partial charge in [-0.25, -0.2) is 8.42 Å². The molecule has 1 N–H and O–H groups in total. The smallest absolute Gasteiger partial charge is 0.218 e. The van der Waals surface area contributed by atoms with Gasteiger partial charge in [-0.2, -0.15) is 4.31 Å². The molecule has 3 rings (SSSR count). The predicted octanol–water partition coefficient (Wildman–Crippen LogP) is 2.69. The molecule has 1 aliphatic heterocycles. The third-order valence-electron chi connectivity index (χ3n) is 4.77. The van der Waals surface area contributed by atoms with Crippen LogP contribution < -0.4 is 0 Å². The van der Waals surface area contributed by atoms with E-state index in [-0.39, 0.29) is 11.8 Å². The van der Waals surface area contributed by atoms with E-state index in [4.69, 9.17) is 0 Å². The maximum atomic E-state index is 13.0. The number of fused-ring (bicyclic) bond motifs is 1. The zero-order chi connectivity index (χ0) is 17.2. The minimum Gasteiger partial charge on any atom is -0.391 e. The predicted molar refractivity (Wildman–Crippen MR) is 95.0 cm³/mol. The Morgan fingerprint density at radius 2 is 2.08 bits per heavy atom. The van der Waals surface area contributed by atoms with Gasteiger partial charge in [0.2, 0.25) is 10.0 Å². The van der Waals surface area contributed by atoms with E-state index < -0.39 is 16.1 Å². The molecule has 130 valence electrons. The fourth-order valence-corrected chi connectivity index (χ4v) is 5.35. The van der Waals surface area contributed by atoms with Crippen LogP contribution >= 0.6 is 0 Å². The van der Waals surface area contributed by atoms with Crippen molar-refractivity contribution in [3.63, 3.8) is 0 Å². The Morgan fingerprint density at radius 1 is 1.29 bits per heavy atom. The van der Waals surface area contributed by atoms with E-state index in [0.29, 0.717) is 18.5 Å². The summed E-state index contributed by atoms with van der Waals surface area (Å²) in [6.07, 6.45) is 4.17. The number of hydrogen-bond acceptors (Lipinski definition) is 4. The Labute approximate surface area is 143 Å². The summed E-state index contributed by atoms with van der Waals surface area (Å²) in [5.74, 6) is -0.0751. The third-order valence-corrected chi connectivity index (χ3v) is 6.62. The van der Waals surface area contributed by atoms with Crippen LogP contribution in [0.2, 0.25) is 0 Å². The fraction of sp³-hybridized carbons (Fsp3) is 0.500. The molecule has 1 aromatic heterocycles. The third kappa shape index (κ3) is 3.45. The molecule has 2 aromatic rings. The monoisotopic (exact) mass is 348 g/mol. The van der Waals surface area contributed by atoms with Gasteiger partial charge in [0.05, 0.1) is 23.4 Å². The number of para-hydroxylation sites is 1. The minimum atomic E-state index is -3.50. The first-order valence-electron chi connectivity index (χ1n) is 8.53. The maximum absolute atomic E-state index is 13.0. The molecule has 1 aliphatic rings. The van der Waals surface area contributed by atoms with Crippen molar-refractivity contribution < 1.29 is 13.5 Å². The second-order valence-electron chi connectivity index (χ2n) is 6.40. The Hall–Kier alpha value is -1.50. The van der Waals surface area contributed by atoms with Crippen molar-refractivity contribution in [3.05, 3.63) is 42.1 Å². The summed E-state index contributed by atoms with van der Waals surface area (Å²) in [6.45, 7) is 2.38. The molecule has 1 fully saturated rings. The molecule has 0 aliphatic carbocycles. The summed E-state index contributed by atoms with van der Waals surface area (Å²) < 4.78 is 27.6. The number of pyridine rings is 1. The number of piperidine rings is 1. The number of hydrogen-bond donors (Lipinski definition) is 1. The van der Waals surface area contributed by atoms with E-state index >= 15 is 0 Å². The molecule has 1 saturated heterocycles. The van der Waals surface area contributed by atoms with Crippen molar-refractivity contribution in [2.24, 2.45) is 0 Å². The topological polar surface area (TPSA) is 70.5 Å². The summed E-state index contributed by atoms with van der Waals surface area (Å²) in [4.78, 5) is 4.35. The van der Waals surface area contributed by atoms with E-state index in [0.717, 1.165) is 30.2 Å². The molecule has 6 heteroatoms. The van der Waals surface area contributed by atoms with Gasteiger partial charge in [0.15, 0.2) is 0 Å². The van der Waals surface area contributed by atoms with E-state index in [2.05, 4.69) is 4.98 Å². The molecule has 0 amide bonds. The van der Waals surface area contributed by atoms with Gasteiger partial charge in [-0.3, -0.25) is 4.98 Å². The SMILES string of the molecule is CCC(O)C1CCCCN1S(=O)(=O)Cc1cccc2cccnc12. The Bertz CT molecular complexity index is 802. The van der Waals surface area contributed by atoms with Gasteiger partial charge >= 0.3 is 0 Å². The number of aliphatic hydroxyl groups is 1. The van der Waals surface area contributed by atoms with E-state index in [1.54, 1.807) is 6.20 Å². The molecule has 2 heterocycles. The van der Waals surface area contributed by atoms with Crippen molar-refractivity contribution in [3.8, 4) is 0 Å². The molecule has 1 aromatic carbocycles. The largest absolute Gasteiger partial charge is 0.391 e. The summed E-state index contributed by atoms with van der Waals surface area (Å²) in [5, 5.41) is 11.2. The van der Waals surface area contributed by atoms with Crippen molar-refractivity contribution >= 4 is 20.9 Å². The van der Waals surface area contributed by atoms with Crippen LogP contribution in [-0.4, -0.2) is 41.5 Å². The lowest BCUT2D eigenvalue weighted by molar-refractivity contribution is 0.0666. The van der Waals surface area contributed by atoms with E-state index in [1.807, 2.05) is 37.3 Å². The van der Waals surface area contributed by atoms with Crippen LogP contribution in [0.15, 0.2) is 36.5 Å². The number of rotatable bonds is 5. The molecule has 0 bridgehead atoms. The number of nitrogens with zero attached hydrogens (tertiary/aromatic N) is 2. The van der Waals surface area contributed by atoms with Gasteiger partial charge in [0.1, 0.15) is 0 Å². The molecule has 0 radical (unpaired) electrons. The molecular weight excluding hydrogens is 324 g/mol.